The molecule has 0 bridgehead atoms. The van der Waals surface area contributed by atoms with E-state index in [1.165, 1.54) is 18.9 Å². The molecule has 5 rings (SSSR count). The smallest absolute Gasteiger partial charge is 0.133 e. The van der Waals surface area contributed by atoms with Gasteiger partial charge in [-0.15, -0.1) is 0 Å². The number of aromatic nitrogens is 1. The predicted octanol–water partition coefficient (Wildman–Crippen LogP) is 6.08. The first-order valence-corrected chi connectivity index (χ1v) is 10.4. The lowest BCUT2D eigenvalue weighted by Crippen LogP contribution is -2.55. The summed E-state index contributed by atoms with van der Waals surface area (Å²) in [5.74, 6) is 0.230. The Bertz CT molecular complexity index is 1230. The minimum absolute atomic E-state index is 0.245. The Balaban J connectivity index is 1.77. The average Bonchev–Trinajstić information content (AvgIpc) is 3.41. The van der Waals surface area contributed by atoms with Gasteiger partial charge in [0.2, 0.25) is 0 Å². The van der Waals surface area contributed by atoms with Crippen LogP contribution in [0.3, 0.4) is 0 Å². The number of amidine groups is 2. The van der Waals surface area contributed by atoms with Crippen LogP contribution in [0, 0.1) is 23.6 Å². The summed E-state index contributed by atoms with van der Waals surface area (Å²) in [6.45, 7) is 7.29. The molecule has 0 spiro atoms. The molecule has 1 aliphatic carbocycles. The lowest BCUT2D eigenvalue weighted by atomic mass is 9.90. The van der Waals surface area contributed by atoms with Crippen LogP contribution in [0.5, 0.6) is 0 Å². The van der Waals surface area contributed by atoms with Gasteiger partial charge < -0.3 is 9.88 Å². The van der Waals surface area contributed by atoms with Crippen molar-refractivity contribution >= 4 is 33.9 Å². The lowest BCUT2D eigenvalue weighted by Gasteiger charge is -2.43. The molecule has 2 aromatic carbocycles. The Morgan fingerprint density at radius 1 is 1.23 bits per heavy atom. The topological polar surface area (TPSA) is 67.9 Å². The first-order valence-electron chi connectivity index (χ1n) is 10.4. The molecule has 0 saturated heterocycles. The van der Waals surface area contributed by atoms with Crippen LogP contribution < -0.4 is 10.2 Å². The predicted molar refractivity (Wildman–Crippen MR) is 122 cm³/mol. The van der Waals surface area contributed by atoms with Crippen LogP contribution >= 0.6 is 0 Å². The van der Waals surface area contributed by atoms with Crippen molar-refractivity contribution in [3.05, 3.63) is 47.9 Å². The summed E-state index contributed by atoms with van der Waals surface area (Å²) in [6.07, 6.45) is 4.49. The number of anilines is 2. The van der Waals surface area contributed by atoms with Crippen LogP contribution in [0.1, 0.15) is 45.2 Å². The van der Waals surface area contributed by atoms with Gasteiger partial charge in [0.05, 0.1) is 16.9 Å². The van der Waals surface area contributed by atoms with Gasteiger partial charge in [0.15, 0.2) is 0 Å². The molecular weight excluding hydrogens is 377 g/mol. The minimum atomic E-state index is -0.697. The molecule has 6 heteroatoms. The average molecular weight is 404 g/mol. The maximum atomic E-state index is 15.5. The second kappa shape index (κ2) is 6.17. The molecule has 1 aliphatic heterocycles. The van der Waals surface area contributed by atoms with Crippen molar-refractivity contribution in [2.75, 3.05) is 10.2 Å². The molecule has 154 valence electrons. The molecule has 3 aromatic rings. The van der Waals surface area contributed by atoms with Crippen LogP contribution in [0.2, 0.25) is 0 Å². The minimum Gasteiger partial charge on any atom is -0.371 e. The van der Waals surface area contributed by atoms with Gasteiger partial charge in [-0.1, -0.05) is 12.1 Å². The van der Waals surface area contributed by atoms with Gasteiger partial charge in [0.1, 0.15) is 17.5 Å². The zero-order valence-corrected chi connectivity index (χ0v) is 17.7. The Hall–Kier alpha value is -3.15. The summed E-state index contributed by atoms with van der Waals surface area (Å²) in [7, 11) is 0. The molecule has 5 nitrogen and oxygen atoms in total. The van der Waals surface area contributed by atoms with Gasteiger partial charge in [-0.2, -0.15) is 0 Å². The third-order valence-corrected chi connectivity index (χ3v) is 6.29. The van der Waals surface area contributed by atoms with Gasteiger partial charge in [-0.25, -0.2) is 4.39 Å². The van der Waals surface area contributed by atoms with Gasteiger partial charge >= 0.3 is 0 Å². The summed E-state index contributed by atoms with van der Waals surface area (Å²) in [5, 5.41) is 21.3. The van der Waals surface area contributed by atoms with Crippen LogP contribution in [0.4, 0.5) is 15.8 Å². The van der Waals surface area contributed by atoms with Crippen LogP contribution in [0.25, 0.3) is 22.0 Å². The Morgan fingerprint density at radius 2 is 1.97 bits per heavy atom. The van der Waals surface area contributed by atoms with E-state index in [9.17, 15) is 0 Å². The highest BCUT2D eigenvalue weighted by Gasteiger charge is 2.38. The van der Waals surface area contributed by atoms with E-state index >= 15 is 4.39 Å². The van der Waals surface area contributed by atoms with E-state index in [0.717, 1.165) is 22.0 Å². The van der Waals surface area contributed by atoms with Gasteiger partial charge in [0, 0.05) is 28.7 Å². The van der Waals surface area contributed by atoms with Gasteiger partial charge in [-0.05, 0) is 69.9 Å². The van der Waals surface area contributed by atoms with Crippen molar-refractivity contribution in [1.82, 2.24) is 4.57 Å². The molecule has 0 radical (unpaired) electrons. The Morgan fingerprint density at radius 3 is 2.63 bits per heavy atom. The largest absolute Gasteiger partial charge is 0.371 e. The number of fused-ring (bicyclic) bond motifs is 2. The van der Waals surface area contributed by atoms with Crippen molar-refractivity contribution < 1.29 is 4.39 Å². The fourth-order valence-electron chi connectivity index (χ4n) is 4.68. The summed E-state index contributed by atoms with van der Waals surface area (Å²) >= 11 is 0. The fourth-order valence-corrected chi connectivity index (χ4v) is 4.68. The molecule has 30 heavy (non-hydrogen) atoms. The number of rotatable bonds is 2. The molecule has 2 heterocycles. The maximum absolute atomic E-state index is 15.5. The molecule has 0 atom stereocenters. The van der Waals surface area contributed by atoms with E-state index in [-0.39, 0.29) is 17.5 Å². The number of benzene rings is 2. The van der Waals surface area contributed by atoms with E-state index in [2.05, 4.69) is 28.2 Å². The summed E-state index contributed by atoms with van der Waals surface area (Å²) < 4.78 is 17.8. The van der Waals surface area contributed by atoms with E-state index in [1.54, 1.807) is 11.8 Å². The Labute approximate surface area is 175 Å². The van der Waals surface area contributed by atoms with Crippen LogP contribution in [0.15, 0.2) is 36.5 Å². The number of hydrogen-bond donors (Lipinski definition) is 3. The van der Waals surface area contributed by atoms with Crippen molar-refractivity contribution in [3.8, 4) is 11.1 Å². The number of nitrogens with one attached hydrogen (secondary N) is 3. The van der Waals surface area contributed by atoms with E-state index < -0.39 is 5.54 Å². The van der Waals surface area contributed by atoms with Crippen molar-refractivity contribution in [2.24, 2.45) is 0 Å². The molecule has 0 amide bonds. The first kappa shape index (κ1) is 18.9. The number of hydrogen-bond acceptors (Lipinski definition) is 3. The number of nitrogens with zero attached hydrogens (tertiary/aromatic N) is 2. The summed E-state index contributed by atoms with van der Waals surface area (Å²) in [5.41, 5.74) is 3.84. The zero-order chi connectivity index (χ0) is 21.4. The third-order valence-electron chi connectivity index (χ3n) is 6.29. The fraction of sp³-hybridized carbons (Fsp3) is 0.333. The lowest BCUT2D eigenvalue weighted by molar-refractivity contribution is 0.629. The molecule has 0 unspecified atom stereocenters. The third kappa shape index (κ3) is 2.59. The highest BCUT2D eigenvalue weighted by molar-refractivity contribution is 6.24. The van der Waals surface area contributed by atoms with Gasteiger partial charge in [0.25, 0.3) is 0 Å². The second-order valence-electron chi connectivity index (χ2n) is 8.97. The van der Waals surface area contributed by atoms with E-state index in [4.69, 9.17) is 10.8 Å². The van der Waals surface area contributed by atoms with Crippen molar-refractivity contribution in [3.63, 3.8) is 0 Å². The normalized spacial score (nSPS) is 17.8. The van der Waals surface area contributed by atoms with E-state index in [0.29, 0.717) is 23.0 Å². The molecule has 3 N–H and O–H groups in total. The zero-order valence-electron chi connectivity index (χ0n) is 17.7. The Kier molecular flexibility index (Phi) is 3.88. The number of halogens is 1. The van der Waals surface area contributed by atoms with E-state index in [1.807, 2.05) is 32.9 Å². The molecular formula is C24H26FN5. The quantitative estimate of drug-likeness (QED) is 0.359. The highest BCUT2D eigenvalue weighted by atomic mass is 19.1. The molecule has 1 fully saturated rings. The van der Waals surface area contributed by atoms with Crippen LogP contribution in [-0.4, -0.2) is 21.8 Å². The molecule has 2 aliphatic rings. The highest BCUT2D eigenvalue weighted by Crippen LogP contribution is 2.46. The standard InChI is InChI=1S/C24H26FN5/c1-13-21(17-6-5-7-20-16(17)10-11-29(20)15-8-9-15)18(25)12-19-22(13)30(14(2)26)23(27)24(3,4)28-19/h5-7,10-12,15,26-28H,8-9H2,1-4H3. The van der Waals surface area contributed by atoms with Gasteiger partial charge in [-0.3, -0.25) is 15.7 Å². The molecule has 1 aromatic heterocycles. The monoisotopic (exact) mass is 403 g/mol. The van der Waals surface area contributed by atoms with Crippen LogP contribution in [-0.2, 0) is 0 Å². The molecule has 1 saturated carbocycles. The first-order chi connectivity index (χ1) is 14.2. The maximum Gasteiger partial charge on any atom is 0.133 e. The van der Waals surface area contributed by atoms with Crippen molar-refractivity contribution in [1.29, 1.82) is 10.8 Å². The summed E-state index contributed by atoms with van der Waals surface area (Å²) in [6, 6.07) is 10.2. The SMILES string of the molecule is CC(=N)N1C(=N)C(C)(C)Nc2cc(F)c(-c3cccc4c3ccn4C3CC3)c(C)c21. The second-order valence-corrected chi connectivity index (χ2v) is 8.97. The van der Waals surface area contributed by atoms with Crippen molar-refractivity contribution in [2.45, 2.75) is 52.1 Å². The summed E-state index contributed by atoms with van der Waals surface area (Å²) in [4.78, 5) is 1.62.